The predicted molar refractivity (Wildman–Crippen MR) is 105 cm³/mol. The summed E-state index contributed by atoms with van der Waals surface area (Å²) in [5.41, 5.74) is 2.83. The summed E-state index contributed by atoms with van der Waals surface area (Å²) in [5, 5.41) is 13.7. The summed E-state index contributed by atoms with van der Waals surface area (Å²) in [6.07, 6.45) is 4.62. The number of rotatable bonds is 5. The molecule has 0 saturated heterocycles. The van der Waals surface area contributed by atoms with Crippen molar-refractivity contribution < 1.29 is 4.79 Å². The van der Waals surface area contributed by atoms with Crippen LogP contribution in [0.3, 0.4) is 0 Å². The molecular weight excluding hydrogens is 348 g/mol. The van der Waals surface area contributed by atoms with E-state index in [9.17, 15) is 10.1 Å². The summed E-state index contributed by atoms with van der Waals surface area (Å²) in [5.74, 6) is -0.0561. The van der Waals surface area contributed by atoms with Gasteiger partial charge >= 0.3 is 0 Å². The zero-order valence-electron chi connectivity index (χ0n) is 14.6. The van der Waals surface area contributed by atoms with Gasteiger partial charge in [0.1, 0.15) is 11.1 Å². The van der Waals surface area contributed by atoms with Gasteiger partial charge in [0, 0.05) is 15.0 Å². The molecule has 3 nitrogen and oxygen atoms in total. The first-order valence-corrected chi connectivity index (χ1v) is 10.4. The Labute approximate surface area is 157 Å². The first-order valence-electron chi connectivity index (χ1n) is 8.67. The van der Waals surface area contributed by atoms with Crippen LogP contribution in [-0.4, -0.2) is 11.2 Å². The molecule has 1 N–H and O–H groups in total. The van der Waals surface area contributed by atoms with Crippen LogP contribution >= 0.6 is 23.1 Å². The van der Waals surface area contributed by atoms with Crippen LogP contribution in [0, 0.1) is 11.3 Å². The molecule has 0 radical (unpaired) electrons. The van der Waals surface area contributed by atoms with Crippen molar-refractivity contribution in [2.24, 2.45) is 0 Å². The molecule has 0 saturated carbocycles. The number of carbonyl (C=O) groups is 1. The highest BCUT2D eigenvalue weighted by molar-refractivity contribution is 7.99. The number of hydrogen-bond acceptors (Lipinski definition) is 4. The van der Waals surface area contributed by atoms with Gasteiger partial charge in [0.15, 0.2) is 0 Å². The van der Waals surface area contributed by atoms with Crippen LogP contribution in [-0.2, 0) is 24.1 Å². The molecule has 1 aromatic carbocycles. The summed E-state index contributed by atoms with van der Waals surface area (Å²) in [7, 11) is 0. The van der Waals surface area contributed by atoms with Crippen LogP contribution in [0.4, 0.5) is 5.00 Å². The SMILES string of the molecule is CC(C)Sc1ccc(CC(=O)Nc2sc3c(c2C#N)CCCC3)cc1. The number of nitrogens with zero attached hydrogens (tertiary/aromatic N) is 1. The van der Waals surface area contributed by atoms with E-state index in [0.29, 0.717) is 17.2 Å². The van der Waals surface area contributed by atoms with Gasteiger partial charge in [-0.15, -0.1) is 23.1 Å². The average molecular weight is 371 g/mol. The number of anilines is 1. The molecule has 0 fully saturated rings. The Morgan fingerprint density at radius 3 is 2.68 bits per heavy atom. The van der Waals surface area contributed by atoms with Gasteiger partial charge in [-0.25, -0.2) is 0 Å². The molecule has 1 aliphatic carbocycles. The number of hydrogen-bond donors (Lipinski definition) is 1. The third-order valence-corrected chi connectivity index (χ3v) is 6.42. The maximum absolute atomic E-state index is 12.4. The fourth-order valence-corrected chi connectivity index (χ4v) is 5.18. The minimum atomic E-state index is -0.0561. The molecule has 1 aromatic heterocycles. The Bertz CT molecular complexity index is 800. The number of nitriles is 1. The number of benzene rings is 1. The third-order valence-electron chi connectivity index (χ3n) is 4.20. The Balaban J connectivity index is 1.67. The normalized spacial score (nSPS) is 13.4. The van der Waals surface area contributed by atoms with E-state index in [1.165, 1.54) is 16.2 Å². The van der Waals surface area contributed by atoms with Crippen LogP contribution in [0.2, 0.25) is 0 Å². The predicted octanol–water partition coefficient (Wildman–Crippen LogP) is 5.18. The smallest absolute Gasteiger partial charge is 0.229 e. The largest absolute Gasteiger partial charge is 0.316 e. The van der Waals surface area contributed by atoms with E-state index < -0.39 is 0 Å². The molecule has 25 heavy (non-hydrogen) atoms. The van der Waals surface area contributed by atoms with Gasteiger partial charge in [0.05, 0.1) is 12.0 Å². The van der Waals surface area contributed by atoms with E-state index >= 15 is 0 Å². The minimum absolute atomic E-state index is 0.0561. The standard InChI is InChI=1S/C20H22N2OS2/c1-13(2)24-15-9-7-14(8-10-15)11-19(23)22-20-17(12-21)16-5-3-4-6-18(16)25-20/h7-10,13H,3-6,11H2,1-2H3,(H,22,23). The zero-order valence-corrected chi connectivity index (χ0v) is 16.2. The Kier molecular flexibility index (Phi) is 5.82. The van der Waals surface area contributed by atoms with Gasteiger partial charge < -0.3 is 5.32 Å². The summed E-state index contributed by atoms with van der Waals surface area (Å²) in [4.78, 5) is 14.9. The van der Waals surface area contributed by atoms with E-state index in [2.05, 4.69) is 37.4 Å². The van der Waals surface area contributed by atoms with Crippen molar-refractivity contribution in [2.75, 3.05) is 5.32 Å². The zero-order chi connectivity index (χ0) is 17.8. The molecule has 0 spiro atoms. The monoisotopic (exact) mass is 370 g/mol. The van der Waals surface area contributed by atoms with E-state index in [4.69, 9.17) is 0 Å². The van der Waals surface area contributed by atoms with Gasteiger partial charge in [-0.1, -0.05) is 26.0 Å². The van der Waals surface area contributed by atoms with Crippen molar-refractivity contribution in [2.45, 2.75) is 56.1 Å². The van der Waals surface area contributed by atoms with Gasteiger partial charge in [-0.3, -0.25) is 4.79 Å². The molecule has 0 atom stereocenters. The number of fused-ring (bicyclic) bond motifs is 1. The van der Waals surface area contributed by atoms with Crippen LogP contribution in [0.5, 0.6) is 0 Å². The van der Waals surface area contributed by atoms with Crippen LogP contribution < -0.4 is 5.32 Å². The number of carbonyl (C=O) groups excluding carboxylic acids is 1. The van der Waals surface area contributed by atoms with Gasteiger partial charge in [-0.05, 0) is 48.9 Å². The highest BCUT2D eigenvalue weighted by Crippen LogP contribution is 2.37. The first kappa shape index (κ1) is 18.0. The number of aryl methyl sites for hydroxylation is 1. The molecule has 130 valence electrons. The fourth-order valence-electron chi connectivity index (χ4n) is 3.09. The fraction of sp³-hybridized carbons (Fsp3) is 0.400. The lowest BCUT2D eigenvalue weighted by Gasteiger charge is -2.09. The van der Waals surface area contributed by atoms with Gasteiger partial charge in [-0.2, -0.15) is 5.26 Å². The number of thiophene rings is 1. The highest BCUT2D eigenvalue weighted by Gasteiger charge is 2.21. The topological polar surface area (TPSA) is 52.9 Å². The lowest BCUT2D eigenvalue weighted by Crippen LogP contribution is -2.14. The van der Waals surface area contributed by atoms with E-state index in [1.807, 2.05) is 23.9 Å². The Morgan fingerprint density at radius 1 is 1.28 bits per heavy atom. The van der Waals surface area contributed by atoms with Gasteiger partial charge in [0.2, 0.25) is 5.91 Å². The second-order valence-electron chi connectivity index (χ2n) is 6.56. The molecule has 2 aromatic rings. The second kappa shape index (κ2) is 8.07. The second-order valence-corrected chi connectivity index (χ2v) is 9.32. The Morgan fingerprint density at radius 2 is 2.00 bits per heavy atom. The highest BCUT2D eigenvalue weighted by atomic mass is 32.2. The molecule has 5 heteroatoms. The quantitative estimate of drug-likeness (QED) is 0.738. The average Bonchev–Trinajstić information content (AvgIpc) is 2.93. The molecule has 1 aliphatic rings. The molecule has 1 amide bonds. The summed E-state index contributed by atoms with van der Waals surface area (Å²) >= 11 is 3.39. The molecule has 3 rings (SSSR count). The van der Waals surface area contributed by atoms with Crippen molar-refractivity contribution in [3.63, 3.8) is 0 Å². The summed E-state index contributed by atoms with van der Waals surface area (Å²) in [6, 6.07) is 10.4. The maximum Gasteiger partial charge on any atom is 0.229 e. The molecule has 0 aliphatic heterocycles. The molecule has 1 heterocycles. The van der Waals surface area contributed by atoms with Crippen LogP contribution in [0.25, 0.3) is 0 Å². The summed E-state index contributed by atoms with van der Waals surface area (Å²) < 4.78 is 0. The van der Waals surface area contributed by atoms with Gasteiger partial charge in [0.25, 0.3) is 0 Å². The number of amides is 1. The molecule has 0 unspecified atom stereocenters. The number of nitrogens with one attached hydrogen (secondary N) is 1. The van der Waals surface area contributed by atoms with Crippen molar-refractivity contribution >= 4 is 34.0 Å². The van der Waals surface area contributed by atoms with Crippen molar-refractivity contribution in [3.05, 3.63) is 45.8 Å². The van der Waals surface area contributed by atoms with Crippen molar-refractivity contribution in [3.8, 4) is 6.07 Å². The van der Waals surface area contributed by atoms with Crippen molar-refractivity contribution in [1.29, 1.82) is 5.26 Å². The molecular formula is C20H22N2OS2. The van der Waals surface area contributed by atoms with Crippen molar-refractivity contribution in [1.82, 2.24) is 0 Å². The Hall–Kier alpha value is -1.77. The maximum atomic E-state index is 12.4. The summed E-state index contributed by atoms with van der Waals surface area (Å²) in [6.45, 7) is 4.33. The number of thioether (sulfide) groups is 1. The lowest BCUT2D eigenvalue weighted by molar-refractivity contribution is -0.115. The first-order chi connectivity index (χ1) is 12.1. The lowest BCUT2D eigenvalue weighted by atomic mass is 9.96. The minimum Gasteiger partial charge on any atom is -0.316 e. The van der Waals surface area contributed by atoms with Crippen LogP contribution in [0.15, 0.2) is 29.2 Å². The van der Waals surface area contributed by atoms with Crippen LogP contribution in [0.1, 0.15) is 48.3 Å². The third kappa shape index (κ3) is 4.45. The molecule has 0 bridgehead atoms. The van der Waals surface area contributed by atoms with E-state index in [-0.39, 0.29) is 5.91 Å². The van der Waals surface area contributed by atoms with E-state index in [1.54, 1.807) is 11.3 Å². The van der Waals surface area contributed by atoms with E-state index in [0.717, 1.165) is 35.4 Å².